The van der Waals surface area contributed by atoms with E-state index in [0.717, 1.165) is 5.56 Å². The lowest BCUT2D eigenvalue weighted by atomic mass is 10.1. The van der Waals surface area contributed by atoms with Crippen molar-refractivity contribution in [3.8, 4) is 5.75 Å². The fraction of sp³-hybridized carbons (Fsp3) is 0.238. The Morgan fingerprint density at radius 2 is 1.90 bits per heavy atom. The SMILES string of the molecule is Cn1ccnc1S(=O)(=O)C1CN(C(=O)c2cccc(OCc3ccccc3)c2)C1. The Morgan fingerprint density at radius 3 is 2.59 bits per heavy atom. The van der Waals surface area contributed by atoms with Crippen LogP contribution in [0.25, 0.3) is 0 Å². The van der Waals surface area contributed by atoms with Gasteiger partial charge in [-0.25, -0.2) is 13.4 Å². The van der Waals surface area contributed by atoms with E-state index < -0.39 is 15.1 Å². The van der Waals surface area contributed by atoms with E-state index in [2.05, 4.69) is 4.98 Å². The van der Waals surface area contributed by atoms with Gasteiger partial charge in [0, 0.05) is 38.1 Å². The quantitative estimate of drug-likeness (QED) is 0.622. The van der Waals surface area contributed by atoms with Crippen LogP contribution in [0.2, 0.25) is 0 Å². The summed E-state index contributed by atoms with van der Waals surface area (Å²) in [6, 6.07) is 16.7. The number of hydrogen-bond donors (Lipinski definition) is 0. The molecule has 1 aliphatic heterocycles. The smallest absolute Gasteiger partial charge is 0.254 e. The van der Waals surface area contributed by atoms with Crippen LogP contribution in [0, 0.1) is 0 Å². The largest absolute Gasteiger partial charge is 0.489 e. The maximum Gasteiger partial charge on any atom is 0.254 e. The molecule has 0 radical (unpaired) electrons. The third-order valence-electron chi connectivity index (χ3n) is 4.93. The van der Waals surface area contributed by atoms with Crippen molar-refractivity contribution in [1.82, 2.24) is 14.5 Å². The molecular weight excluding hydrogens is 390 g/mol. The van der Waals surface area contributed by atoms with Crippen molar-refractivity contribution >= 4 is 15.7 Å². The summed E-state index contributed by atoms with van der Waals surface area (Å²) in [5.74, 6) is 0.388. The van der Waals surface area contributed by atoms with E-state index in [1.54, 1.807) is 37.5 Å². The van der Waals surface area contributed by atoms with E-state index in [1.165, 1.54) is 15.7 Å². The van der Waals surface area contributed by atoms with Crippen molar-refractivity contribution in [2.45, 2.75) is 17.0 Å². The molecule has 0 aliphatic carbocycles. The molecule has 1 aromatic heterocycles. The number of aromatic nitrogens is 2. The lowest BCUT2D eigenvalue weighted by molar-refractivity contribution is 0.0658. The molecule has 0 bridgehead atoms. The van der Waals surface area contributed by atoms with Crippen LogP contribution < -0.4 is 4.74 Å². The third-order valence-corrected chi connectivity index (χ3v) is 7.01. The average molecular weight is 411 g/mol. The van der Waals surface area contributed by atoms with Crippen LogP contribution in [0.4, 0.5) is 0 Å². The van der Waals surface area contributed by atoms with Gasteiger partial charge in [-0.2, -0.15) is 0 Å². The van der Waals surface area contributed by atoms with Crippen molar-refractivity contribution in [2.24, 2.45) is 7.05 Å². The summed E-state index contributed by atoms with van der Waals surface area (Å²) in [5.41, 5.74) is 1.51. The van der Waals surface area contributed by atoms with Crippen molar-refractivity contribution in [3.05, 3.63) is 78.1 Å². The van der Waals surface area contributed by atoms with Crippen molar-refractivity contribution in [1.29, 1.82) is 0 Å². The summed E-state index contributed by atoms with van der Waals surface area (Å²) in [5, 5.41) is -0.601. The second-order valence-corrected chi connectivity index (χ2v) is 9.12. The summed E-state index contributed by atoms with van der Waals surface area (Å²) in [6.45, 7) is 0.721. The van der Waals surface area contributed by atoms with Gasteiger partial charge in [0.05, 0.1) is 0 Å². The zero-order valence-corrected chi connectivity index (χ0v) is 16.7. The van der Waals surface area contributed by atoms with Crippen LogP contribution in [0.3, 0.4) is 0 Å². The summed E-state index contributed by atoms with van der Waals surface area (Å²) in [4.78, 5) is 18.2. The Kier molecular flexibility index (Phi) is 5.10. The number of rotatable bonds is 6. The third kappa shape index (κ3) is 3.88. The van der Waals surface area contributed by atoms with E-state index >= 15 is 0 Å². The van der Waals surface area contributed by atoms with E-state index in [0.29, 0.717) is 17.9 Å². The first-order valence-electron chi connectivity index (χ1n) is 9.22. The summed E-state index contributed by atoms with van der Waals surface area (Å²) >= 11 is 0. The molecule has 4 rings (SSSR count). The van der Waals surface area contributed by atoms with Gasteiger partial charge in [-0.05, 0) is 23.8 Å². The number of amides is 1. The van der Waals surface area contributed by atoms with Gasteiger partial charge in [0.15, 0.2) is 0 Å². The van der Waals surface area contributed by atoms with E-state index in [-0.39, 0.29) is 24.2 Å². The molecule has 3 aromatic rings. The van der Waals surface area contributed by atoms with Gasteiger partial charge in [-0.3, -0.25) is 4.79 Å². The first kappa shape index (κ1) is 19.2. The molecule has 1 amide bonds. The van der Waals surface area contributed by atoms with Crippen LogP contribution in [-0.4, -0.2) is 47.1 Å². The highest BCUT2D eigenvalue weighted by Crippen LogP contribution is 2.25. The average Bonchev–Trinajstić information content (AvgIpc) is 3.13. The minimum atomic E-state index is -3.55. The lowest BCUT2D eigenvalue weighted by Crippen LogP contribution is -2.57. The van der Waals surface area contributed by atoms with Gasteiger partial charge in [0.25, 0.3) is 5.91 Å². The number of imidazole rings is 1. The zero-order chi connectivity index (χ0) is 20.4. The van der Waals surface area contributed by atoms with Crippen LogP contribution in [0.15, 0.2) is 72.1 Å². The molecular formula is C21H21N3O4S. The predicted octanol–water partition coefficient (Wildman–Crippen LogP) is 2.30. The number of hydrogen-bond acceptors (Lipinski definition) is 5. The molecule has 1 saturated heterocycles. The monoisotopic (exact) mass is 411 g/mol. The van der Waals surface area contributed by atoms with E-state index in [4.69, 9.17) is 4.74 Å². The first-order chi connectivity index (χ1) is 13.9. The van der Waals surface area contributed by atoms with Crippen LogP contribution >= 0.6 is 0 Å². The summed E-state index contributed by atoms with van der Waals surface area (Å²) < 4.78 is 32.5. The Labute approximate surface area is 169 Å². The highest BCUT2D eigenvalue weighted by molar-refractivity contribution is 7.92. The van der Waals surface area contributed by atoms with Crippen LogP contribution in [0.1, 0.15) is 15.9 Å². The molecule has 0 unspecified atom stereocenters. The first-order valence-corrected chi connectivity index (χ1v) is 10.8. The molecule has 0 N–H and O–H groups in total. The number of aryl methyl sites for hydroxylation is 1. The lowest BCUT2D eigenvalue weighted by Gasteiger charge is -2.38. The minimum absolute atomic E-state index is 0.0332. The molecule has 8 heteroatoms. The standard InChI is InChI=1S/C21H21N3O4S/c1-23-11-10-22-21(23)29(26,27)19-13-24(14-19)20(25)17-8-5-9-18(12-17)28-15-16-6-3-2-4-7-16/h2-12,19H,13-15H2,1H3. The molecule has 2 aromatic carbocycles. The molecule has 2 heterocycles. The number of carbonyl (C=O) groups is 1. The van der Waals surface area contributed by atoms with E-state index in [1.807, 2.05) is 30.3 Å². The molecule has 1 aliphatic rings. The van der Waals surface area contributed by atoms with Gasteiger partial charge in [-0.1, -0.05) is 36.4 Å². The Morgan fingerprint density at radius 1 is 1.14 bits per heavy atom. The molecule has 1 fully saturated rings. The second-order valence-electron chi connectivity index (χ2n) is 7.00. The number of sulfone groups is 1. The summed E-state index contributed by atoms with van der Waals surface area (Å²) in [7, 11) is -1.91. The fourth-order valence-electron chi connectivity index (χ4n) is 3.22. The molecule has 7 nitrogen and oxygen atoms in total. The van der Waals surface area contributed by atoms with Crippen molar-refractivity contribution in [2.75, 3.05) is 13.1 Å². The number of likely N-dealkylation sites (tertiary alicyclic amines) is 1. The van der Waals surface area contributed by atoms with Crippen molar-refractivity contribution < 1.29 is 17.9 Å². The fourth-order valence-corrected chi connectivity index (χ4v) is 4.94. The second kappa shape index (κ2) is 7.71. The normalized spacial score (nSPS) is 14.4. The molecule has 0 spiro atoms. The molecule has 29 heavy (non-hydrogen) atoms. The van der Waals surface area contributed by atoms with Crippen LogP contribution in [-0.2, 0) is 23.5 Å². The van der Waals surface area contributed by atoms with Gasteiger partial charge >= 0.3 is 0 Å². The zero-order valence-electron chi connectivity index (χ0n) is 15.9. The summed E-state index contributed by atoms with van der Waals surface area (Å²) in [6.07, 6.45) is 3.05. The van der Waals surface area contributed by atoms with Crippen LogP contribution in [0.5, 0.6) is 5.75 Å². The number of benzene rings is 2. The highest BCUT2D eigenvalue weighted by atomic mass is 32.2. The molecule has 0 saturated carbocycles. The maximum atomic E-state index is 12.7. The van der Waals surface area contributed by atoms with Gasteiger partial charge in [-0.15, -0.1) is 0 Å². The maximum absolute atomic E-state index is 12.7. The van der Waals surface area contributed by atoms with Crippen molar-refractivity contribution in [3.63, 3.8) is 0 Å². The van der Waals surface area contributed by atoms with Gasteiger partial charge < -0.3 is 14.2 Å². The van der Waals surface area contributed by atoms with E-state index in [9.17, 15) is 13.2 Å². The Balaban J connectivity index is 1.39. The Bertz CT molecular complexity index is 1120. The highest BCUT2D eigenvalue weighted by Gasteiger charge is 2.42. The minimum Gasteiger partial charge on any atom is -0.489 e. The topological polar surface area (TPSA) is 81.5 Å². The van der Waals surface area contributed by atoms with Gasteiger partial charge in [0.1, 0.15) is 17.6 Å². The molecule has 0 atom stereocenters. The number of nitrogens with zero attached hydrogens (tertiary/aromatic N) is 3. The molecule has 150 valence electrons. The number of ether oxygens (including phenoxy) is 1. The van der Waals surface area contributed by atoms with Gasteiger partial charge in [0.2, 0.25) is 15.0 Å². The predicted molar refractivity (Wildman–Crippen MR) is 107 cm³/mol. The Hall–Kier alpha value is -3.13. The number of carbonyl (C=O) groups excluding carboxylic acids is 1.